The third-order valence-electron chi connectivity index (χ3n) is 1.42. The van der Waals surface area contributed by atoms with E-state index in [2.05, 4.69) is 4.74 Å². The van der Waals surface area contributed by atoms with E-state index in [0.29, 0.717) is 0 Å². The molecule has 0 bridgehead atoms. The third-order valence-corrected chi connectivity index (χ3v) is 2.17. The lowest BCUT2D eigenvalue weighted by Crippen LogP contribution is -2.24. The Hall–Kier alpha value is -0.470. The average molecular weight is 177 g/mol. The van der Waals surface area contributed by atoms with Crippen LogP contribution < -0.4 is 5.73 Å². The molecule has 4 nitrogen and oxygen atoms in total. The summed E-state index contributed by atoms with van der Waals surface area (Å²) in [6, 6.07) is 0. The van der Waals surface area contributed by atoms with Gasteiger partial charge in [0, 0.05) is 0 Å². The van der Waals surface area contributed by atoms with Crippen LogP contribution in [0, 0.1) is 5.92 Å². The Morgan fingerprint density at radius 1 is 1.73 bits per heavy atom. The van der Waals surface area contributed by atoms with Gasteiger partial charge in [0.1, 0.15) is 0 Å². The normalized spacial score (nSPS) is 15.9. The van der Waals surface area contributed by atoms with Crippen molar-refractivity contribution in [3.63, 3.8) is 0 Å². The van der Waals surface area contributed by atoms with Gasteiger partial charge in [-0.15, -0.1) is 0 Å². The zero-order valence-electron chi connectivity index (χ0n) is 6.61. The highest BCUT2D eigenvalue weighted by Crippen LogP contribution is 2.15. The minimum absolute atomic E-state index is 0.110. The van der Waals surface area contributed by atoms with E-state index in [1.165, 1.54) is 7.11 Å². The summed E-state index contributed by atoms with van der Waals surface area (Å²) in [6.45, 7) is 1.76. The van der Waals surface area contributed by atoms with Crippen LogP contribution in [0.25, 0.3) is 0 Å². The molecule has 0 aliphatic carbocycles. The van der Waals surface area contributed by atoms with E-state index >= 15 is 0 Å². The van der Waals surface area contributed by atoms with Crippen molar-refractivity contribution in [2.24, 2.45) is 11.7 Å². The van der Waals surface area contributed by atoms with Crippen molar-refractivity contribution in [2.45, 2.75) is 19.1 Å². The Bertz CT molecular complexity index is 151. The molecule has 0 fully saturated rings. The minimum atomic E-state index is -0.478. The fourth-order valence-electron chi connectivity index (χ4n) is 0.571. The van der Waals surface area contributed by atoms with Crippen LogP contribution in [0.4, 0.5) is 0 Å². The molecule has 5 heteroatoms. The molecule has 11 heavy (non-hydrogen) atoms. The van der Waals surface area contributed by atoms with Crippen LogP contribution in [-0.4, -0.2) is 18.9 Å². The molecule has 0 saturated carbocycles. The first kappa shape index (κ1) is 10.5. The van der Waals surface area contributed by atoms with Gasteiger partial charge in [0.2, 0.25) is 0 Å². The Balaban J connectivity index is 3.76. The second-order valence-electron chi connectivity index (χ2n) is 2.35. The van der Waals surface area contributed by atoms with Gasteiger partial charge in [-0.25, -0.2) is 0 Å². The van der Waals surface area contributed by atoms with Gasteiger partial charge in [0.25, 0.3) is 0 Å². The first-order valence-electron chi connectivity index (χ1n) is 3.26. The van der Waals surface area contributed by atoms with Crippen LogP contribution in [0.15, 0.2) is 0 Å². The van der Waals surface area contributed by atoms with Crippen molar-refractivity contribution in [1.29, 1.82) is 0 Å². The molecule has 0 aliphatic heterocycles. The third kappa shape index (κ3) is 4.06. The fraction of sp³-hybridized carbons (Fsp3) is 0.833. The number of methoxy groups -OCH3 is 1. The predicted molar refractivity (Wildman–Crippen MR) is 41.4 cm³/mol. The largest absolute Gasteiger partial charge is 0.469 e. The van der Waals surface area contributed by atoms with Gasteiger partial charge in [-0.05, 0) is 5.92 Å². The second kappa shape index (κ2) is 5.22. The SMILES string of the molecule is COC(=O)CC(C)C(N)P=O. The maximum absolute atomic E-state index is 10.7. The molecule has 0 aliphatic rings. The Morgan fingerprint density at radius 2 is 2.27 bits per heavy atom. The molecular formula is C6H12NO3P. The van der Waals surface area contributed by atoms with E-state index < -0.39 is 5.78 Å². The highest BCUT2D eigenvalue weighted by atomic mass is 31.1. The van der Waals surface area contributed by atoms with Crippen LogP contribution >= 0.6 is 8.46 Å². The van der Waals surface area contributed by atoms with E-state index in [-0.39, 0.29) is 26.8 Å². The number of esters is 1. The van der Waals surface area contributed by atoms with Crippen molar-refractivity contribution >= 4 is 14.4 Å². The monoisotopic (exact) mass is 177 g/mol. The maximum atomic E-state index is 10.7. The van der Waals surface area contributed by atoms with Gasteiger partial charge in [0.05, 0.1) is 19.3 Å². The van der Waals surface area contributed by atoms with Crippen molar-refractivity contribution in [3.05, 3.63) is 0 Å². The summed E-state index contributed by atoms with van der Waals surface area (Å²) in [6.07, 6.45) is 0.215. The molecule has 0 amide bonds. The van der Waals surface area contributed by atoms with Crippen LogP contribution in [0.5, 0.6) is 0 Å². The number of hydrogen-bond donors (Lipinski definition) is 1. The first-order valence-corrected chi connectivity index (χ1v) is 4.14. The average Bonchev–Trinajstić information content (AvgIpc) is 2.02. The van der Waals surface area contributed by atoms with Gasteiger partial charge >= 0.3 is 5.97 Å². The van der Waals surface area contributed by atoms with E-state index in [9.17, 15) is 9.36 Å². The van der Waals surface area contributed by atoms with Crippen LogP contribution in [-0.2, 0) is 14.1 Å². The minimum Gasteiger partial charge on any atom is -0.469 e. The summed E-state index contributed by atoms with van der Waals surface area (Å²) >= 11 is 0. The number of ether oxygens (including phenoxy) is 1. The molecule has 0 rings (SSSR count). The predicted octanol–water partition coefficient (Wildman–Crippen LogP) is 0.762. The summed E-state index contributed by atoms with van der Waals surface area (Å²) in [5.41, 5.74) is 5.39. The van der Waals surface area contributed by atoms with Gasteiger partial charge < -0.3 is 10.5 Å². The van der Waals surface area contributed by atoms with Crippen molar-refractivity contribution in [1.82, 2.24) is 0 Å². The molecule has 0 radical (unpaired) electrons. The Labute approximate surface area is 67.3 Å². The molecule has 0 aromatic heterocycles. The highest BCUT2D eigenvalue weighted by Gasteiger charge is 2.16. The second-order valence-corrected chi connectivity index (χ2v) is 3.16. The summed E-state index contributed by atoms with van der Waals surface area (Å²) < 4.78 is 14.7. The Morgan fingerprint density at radius 3 is 2.64 bits per heavy atom. The standard InChI is InChI=1S/C6H12NO3P/c1-4(6(7)11-9)3-5(8)10-2/h4,6H,3,7H2,1-2H3. The molecule has 2 unspecified atom stereocenters. The van der Waals surface area contributed by atoms with E-state index in [1.54, 1.807) is 6.92 Å². The quantitative estimate of drug-likeness (QED) is 0.508. The summed E-state index contributed by atoms with van der Waals surface area (Å²) in [5, 5.41) is 0. The van der Waals surface area contributed by atoms with Crippen LogP contribution in [0.3, 0.4) is 0 Å². The zero-order chi connectivity index (χ0) is 8.85. The molecule has 2 atom stereocenters. The summed E-state index contributed by atoms with van der Waals surface area (Å²) in [7, 11) is 1.18. The maximum Gasteiger partial charge on any atom is 0.305 e. The molecule has 64 valence electrons. The number of hydrogen-bond acceptors (Lipinski definition) is 4. The number of carbonyl (C=O) groups excluding carboxylic acids is 1. The summed E-state index contributed by atoms with van der Waals surface area (Å²) in [4.78, 5) is 10.7. The van der Waals surface area contributed by atoms with Crippen molar-refractivity contribution in [3.8, 4) is 0 Å². The fourth-order valence-corrected chi connectivity index (χ4v) is 0.884. The number of carbonyl (C=O) groups is 1. The molecule has 0 aromatic rings. The van der Waals surface area contributed by atoms with E-state index in [0.717, 1.165) is 0 Å². The lowest BCUT2D eigenvalue weighted by atomic mass is 10.1. The molecule has 0 saturated heterocycles. The highest BCUT2D eigenvalue weighted by molar-refractivity contribution is 7.24. The molecule has 0 aromatic carbocycles. The Kier molecular flexibility index (Phi) is 4.99. The van der Waals surface area contributed by atoms with Crippen LogP contribution in [0.2, 0.25) is 0 Å². The molecule has 0 spiro atoms. The van der Waals surface area contributed by atoms with E-state index in [4.69, 9.17) is 5.73 Å². The van der Waals surface area contributed by atoms with E-state index in [1.807, 2.05) is 0 Å². The van der Waals surface area contributed by atoms with Gasteiger partial charge in [0.15, 0.2) is 8.46 Å². The number of rotatable bonds is 4. The first-order chi connectivity index (χ1) is 5.11. The zero-order valence-corrected chi connectivity index (χ0v) is 7.51. The van der Waals surface area contributed by atoms with Gasteiger partial charge in [-0.3, -0.25) is 9.36 Å². The van der Waals surface area contributed by atoms with Crippen LogP contribution in [0.1, 0.15) is 13.3 Å². The lowest BCUT2D eigenvalue weighted by molar-refractivity contribution is -0.141. The summed E-state index contributed by atoms with van der Waals surface area (Å²) in [5.74, 6) is -0.910. The smallest absolute Gasteiger partial charge is 0.305 e. The molecular weight excluding hydrogens is 165 g/mol. The molecule has 2 N–H and O–H groups in total. The molecule has 0 heterocycles. The van der Waals surface area contributed by atoms with Gasteiger partial charge in [-0.2, -0.15) is 0 Å². The van der Waals surface area contributed by atoms with Gasteiger partial charge in [-0.1, -0.05) is 6.92 Å². The topological polar surface area (TPSA) is 69.4 Å². The van der Waals surface area contributed by atoms with Crippen molar-refractivity contribution < 1.29 is 14.1 Å². The number of nitrogens with two attached hydrogens (primary N) is 1. The van der Waals surface area contributed by atoms with Crippen molar-refractivity contribution in [2.75, 3.05) is 7.11 Å². The lowest BCUT2D eigenvalue weighted by Gasteiger charge is -2.10.